The number of hydrogen-bond acceptors (Lipinski definition) is 6. The van der Waals surface area contributed by atoms with Crippen molar-refractivity contribution in [3.8, 4) is 0 Å². The Morgan fingerprint density at radius 3 is 2.54 bits per heavy atom. The summed E-state index contributed by atoms with van der Waals surface area (Å²) in [5.74, 6) is -1.26. The van der Waals surface area contributed by atoms with E-state index in [2.05, 4.69) is 10.5 Å². The number of nitrogens with one attached hydrogen (secondary N) is 1. The Balaban J connectivity index is 1.87. The monoisotopic (exact) mass is 329 g/mol. The van der Waals surface area contributed by atoms with Crippen molar-refractivity contribution < 1.29 is 19.1 Å². The normalized spacial score (nSPS) is 22.8. The number of esters is 1. The molecule has 1 aromatic rings. The molecule has 0 aromatic heterocycles. The quantitative estimate of drug-likeness (QED) is 0.665. The maximum atomic E-state index is 12.9. The summed E-state index contributed by atoms with van der Waals surface area (Å²) < 4.78 is 4.91. The van der Waals surface area contributed by atoms with E-state index < -0.39 is 11.5 Å². The van der Waals surface area contributed by atoms with Gasteiger partial charge in [-0.3, -0.25) is 15.0 Å². The van der Waals surface area contributed by atoms with E-state index in [1.807, 2.05) is 19.9 Å². The fourth-order valence-electron chi connectivity index (χ4n) is 3.18. The number of hydrogen-bond donors (Lipinski definition) is 1. The average Bonchev–Trinajstić information content (AvgIpc) is 3.01. The highest BCUT2D eigenvalue weighted by Gasteiger charge is 2.56. The van der Waals surface area contributed by atoms with Gasteiger partial charge in [0, 0.05) is 6.42 Å². The summed E-state index contributed by atoms with van der Waals surface area (Å²) in [7, 11) is 0. The molecule has 2 aliphatic rings. The number of carbonyl (C=O) groups excluding carboxylic acids is 3. The summed E-state index contributed by atoms with van der Waals surface area (Å²) in [4.78, 5) is 38.4. The fraction of sp³-hybridized carbons (Fsp3) is 0.412. The molecular formula is C17H19N3O4. The number of aryl methyl sites for hydroxylation is 2. The zero-order valence-electron chi connectivity index (χ0n) is 13.9. The first-order valence-corrected chi connectivity index (χ1v) is 7.83. The van der Waals surface area contributed by atoms with Gasteiger partial charge in [-0.2, -0.15) is 5.10 Å². The van der Waals surface area contributed by atoms with Gasteiger partial charge in [-0.15, -0.1) is 0 Å². The maximum Gasteiger partial charge on any atom is 0.354 e. The summed E-state index contributed by atoms with van der Waals surface area (Å²) in [6, 6.07) is 5.56. The molecule has 0 radical (unpaired) electrons. The Kier molecular flexibility index (Phi) is 3.87. The van der Waals surface area contributed by atoms with E-state index in [1.54, 1.807) is 19.1 Å². The average molecular weight is 329 g/mol. The van der Waals surface area contributed by atoms with E-state index in [0.29, 0.717) is 5.69 Å². The van der Waals surface area contributed by atoms with Crippen molar-refractivity contribution in [1.29, 1.82) is 0 Å². The van der Waals surface area contributed by atoms with Crippen LogP contribution in [-0.4, -0.2) is 35.6 Å². The summed E-state index contributed by atoms with van der Waals surface area (Å²) in [5.41, 5.74) is 4.14. The third-order valence-corrected chi connectivity index (χ3v) is 4.16. The number of rotatable bonds is 3. The predicted molar refractivity (Wildman–Crippen MR) is 87.6 cm³/mol. The van der Waals surface area contributed by atoms with Crippen molar-refractivity contribution in [3.63, 3.8) is 0 Å². The molecule has 7 heteroatoms. The smallest absolute Gasteiger partial charge is 0.354 e. The molecule has 1 aromatic carbocycles. The second-order valence-corrected chi connectivity index (χ2v) is 6.21. The van der Waals surface area contributed by atoms with Crippen LogP contribution in [0.25, 0.3) is 0 Å². The molecule has 24 heavy (non-hydrogen) atoms. The zero-order chi connectivity index (χ0) is 17.5. The molecule has 1 atom stereocenters. The zero-order valence-corrected chi connectivity index (χ0v) is 13.9. The van der Waals surface area contributed by atoms with Crippen molar-refractivity contribution in [3.05, 3.63) is 29.3 Å². The third kappa shape index (κ3) is 2.55. The van der Waals surface area contributed by atoms with Crippen LogP contribution in [0.1, 0.15) is 30.9 Å². The van der Waals surface area contributed by atoms with Crippen LogP contribution in [-0.2, 0) is 19.1 Å². The van der Waals surface area contributed by atoms with Crippen LogP contribution in [0.2, 0.25) is 0 Å². The minimum absolute atomic E-state index is 0.0365. The van der Waals surface area contributed by atoms with Crippen LogP contribution in [0, 0.1) is 13.8 Å². The first kappa shape index (κ1) is 16.2. The van der Waals surface area contributed by atoms with Crippen LogP contribution >= 0.6 is 0 Å². The summed E-state index contributed by atoms with van der Waals surface area (Å²) in [5, 5.41) is 3.93. The standard InChI is InChI=1S/C17H19N3O4/c1-4-24-15(22)13-8-17(19-18-13)9-14(21)20(16(17)23)12-6-10(2)5-11(3)7-12/h5-7,19H,4,8-9H2,1-3H3/t17-/m1/s1. The molecule has 0 unspecified atom stereocenters. The van der Waals surface area contributed by atoms with Crippen LogP contribution in [0.5, 0.6) is 0 Å². The molecule has 1 fully saturated rings. The van der Waals surface area contributed by atoms with Crippen molar-refractivity contribution >= 4 is 29.2 Å². The van der Waals surface area contributed by atoms with Gasteiger partial charge in [-0.25, -0.2) is 9.69 Å². The van der Waals surface area contributed by atoms with Gasteiger partial charge in [-0.1, -0.05) is 6.07 Å². The molecule has 3 rings (SSSR count). The lowest BCUT2D eigenvalue weighted by molar-refractivity contribution is -0.135. The second kappa shape index (κ2) is 5.74. The van der Waals surface area contributed by atoms with Crippen molar-refractivity contribution in [2.45, 2.75) is 39.2 Å². The first-order chi connectivity index (χ1) is 11.4. The molecule has 2 aliphatic heterocycles. The van der Waals surface area contributed by atoms with Crippen molar-refractivity contribution in [2.24, 2.45) is 5.10 Å². The third-order valence-electron chi connectivity index (χ3n) is 4.16. The number of carbonyl (C=O) groups is 3. The molecule has 0 bridgehead atoms. The number of benzene rings is 1. The topological polar surface area (TPSA) is 88.1 Å². The molecule has 1 saturated heterocycles. The molecule has 0 saturated carbocycles. The minimum atomic E-state index is -1.18. The molecule has 2 amide bonds. The predicted octanol–water partition coefficient (Wildman–Crippen LogP) is 1.22. The van der Waals surface area contributed by atoms with Crippen LogP contribution in [0.3, 0.4) is 0 Å². The van der Waals surface area contributed by atoms with E-state index in [-0.39, 0.29) is 37.0 Å². The van der Waals surface area contributed by atoms with Crippen LogP contribution in [0.4, 0.5) is 5.69 Å². The Morgan fingerprint density at radius 2 is 1.92 bits per heavy atom. The van der Waals surface area contributed by atoms with Gasteiger partial charge in [0.15, 0.2) is 0 Å². The van der Waals surface area contributed by atoms with E-state index in [9.17, 15) is 14.4 Å². The van der Waals surface area contributed by atoms with E-state index >= 15 is 0 Å². The van der Waals surface area contributed by atoms with Gasteiger partial charge in [0.2, 0.25) is 5.91 Å². The Hall–Kier alpha value is -2.70. The molecule has 7 nitrogen and oxygen atoms in total. The summed E-state index contributed by atoms with van der Waals surface area (Å²) in [6.45, 7) is 5.75. The van der Waals surface area contributed by atoms with Gasteiger partial charge in [0.1, 0.15) is 11.3 Å². The van der Waals surface area contributed by atoms with Gasteiger partial charge in [0.25, 0.3) is 5.91 Å². The number of ether oxygens (including phenoxy) is 1. The van der Waals surface area contributed by atoms with E-state index in [4.69, 9.17) is 4.74 Å². The lowest BCUT2D eigenvalue weighted by Crippen LogP contribution is -2.47. The molecule has 0 aliphatic carbocycles. The molecular weight excluding hydrogens is 310 g/mol. The van der Waals surface area contributed by atoms with E-state index in [0.717, 1.165) is 11.1 Å². The van der Waals surface area contributed by atoms with Gasteiger partial charge in [0.05, 0.1) is 18.7 Å². The van der Waals surface area contributed by atoms with Gasteiger partial charge >= 0.3 is 5.97 Å². The first-order valence-electron chi connectivity index (χ1n) is 7.83. The molecule has 1 spiro atoms. The maximum absolute atomic E-state index is 12.9. The fourth-order valence-corrected chi connectivity index (χ4v) is 3.18. The highest BCUT2D eigenvalue weighted by Crippen LogP contribution is 2.35. The molecule has 2 heterocycles. The molecule has 126 valence electrons. The van der Waals surface area contributed by atoms with Crippen LogP contribution in [0.15, 0.2) is 23.3 Å². The largest absolute Gasteiger partial charge is 0.461 e. The Morgan fingerprint density at radius 1 is 1.25 bits per heavy atom. The van der Waals surface area contributed by atoms with Crippen molar-refractivity contribution in [2.75, 3.05) is 11.5 Å². The highest BCUT2D eigenvalue weighted by molar-refractivity contribution is 6.39. The van der Waals surface area contributed by atoms with E-state index in [1.165, 1.54) is 4.90 Å². The Labute approximate surface area is 139 Å². The number of amides is 2. The van der Waals surface area contributed by atoms with Gasteiger partial charge < -0.3 is 4.74 Å². The lowest BCUT2D eigenvalue weighted by Gasteiger charge is -2.21. The summed E-state index contributed by atoms with van der Waals surface area (Å²) >= 11 is 0. The number of nitrogens with zero attached hydrogens (tertiary/aromatic N) is 2. The molecule has 1 N–H and O–H groups in total. The summed E-state index contributed by atoms with van der Waals surface area (Å²) in [6.07, 6.45) is 0.0168. The number of anilines is 1. The SMILES string of the molecule is CCOC(=O)C1=NN[C@@]2(CC(=O)N(c3cc(C)cc(C)c3)C2=O)C1. The number of imide groups is 1. The minimum Gasteiger partial charge on any atom is -0.461 e. The highest BCUT2D eigenvalue weighted by atomic mass is 16.5. The second-order valence-electron chi connectivity index (χ2n) is 6.21. The van der Waals surface area contributed by atoms with Gasteiger partial charge in [-0.05, 0) is 44.0 Å². The lowest BCUT2D eigenvalue weighted by atomic mass is 9.92. The Bertz CT molecular complexity index is 751. The van der Waals surface area contributed by atoms with Crippen molar-refractivity contribution in [1.82, 2.24) is 5.43 Å². The number of hydrazone groups is 1. The van der Waals surface area contributed by atoms with Crippen LogP contribution < -0.4 is 10.3 Å².